The average Bonchev–Trinajstić information content (AvgIpc) is 3.60. The zero-order chi connectivity index (χ0) is 34.9. The predicted molar refractivity (Wildman–Crippen MR) is 200 cm³/mol. The Labute approximate surface area is 301 Å². The quantitative estimate of drug-likeness (QED) is 0.0916. The first-order chi connectivity index (χ1) is 24.3. The number of carbonyl (C=O) groups is 3. The van der Waals surface area contributed by atoms with E-state index in [-0.39, 0.29) is 11.6 Å². The van der Waals surface area contributed by atoms with E-state index in [0.717, 1.165) is 11.1 Å². The van der Waals surface area contributed by atoms with Crippen LogP contribution in [0.3, 0.4) is 0 Å². The minimum absolute atomic E-state index is 0.0373. The molecule has 3 N–H and O–H groups in total. The third kappa shape index (κ3) is 8.91. The molecular formula is C39H28ClFN4O3S2. The number of amides is 3. The van der Waals surface area contributed by atoms with E-state index in [0.29, 0.717) is 37.6 Å². The van der Waals surface area contributed by atoms with E-state index < -0.39 is 22.9 Å². The van der Waals surface area contributed by atoms with Crippen LogP contribution in [0.5, 0.6) is 0 Å². The molecule has 11 heteroatoms. The Balaban J connectivity index is 1.21. The molecule has 1 aromatic heterocycles. The summed E-state index contributed by atoms with van der Waals surface area (Å²) in [4.78, 5) is 45.7. The van der Waals surface area contributed by atoms with Crippen LogP contribution >= 0.6 is 34.7 Å². The van der Waals surface area contributed by atoms with Gasteiger partial charge in [0.2, 0.25) is 5.91 Å². The Morgan fingerprint density at radius 2 is 1.50 bits per heavy atom. The van der Waals surface area contributed by atoms with Crippen molar-refractivity contribution in [1.82, 2.24) is 10.3 Å². The molecule has 0 aliphatic rings. The van der Waals surface area contributed by atoms with Crippen molar-refractivity contribution in [2.75, 3.05) is 10.6 Å². The van der Waals surface area contributed by atoms with E-state index in [1.165, 1.54) is 53.4 Å². The Kier molecular flexibility index (Phi) is 11.1. The SMILES string of the molecule is O=C(Nc1cccc(SC(C(=O)Nc2nc(-c3ccccc3Cl)cs2)c2ccccc2)c1)/C(=C/c1ccc(F)cc1)NC(=O)c1ccccc1. The van der Waals surface area contributed by atoms with Crippen LogP contribution in [0.15, 0.2) is 149 Å². The number of aromatic nitrogens is 1. The fraction of sp³-hybridized carbons (Fsp3) is 0.0256. The number of anilines is 2. The normalized spacial score (nSPS) is 11.8. The number of rotatable bonds is 11. The van der Waals surface area contributed by atoms with Crippen molar-refractivity contribution in [2.45, 2.75) is 10.1 Å². The lowest BCUT2D eigenvalue weighted by atomic mass is 10.1. The molecule has 5 aromatic carbocycles. The average molecular weight is 719 g/mol. The topological polar surface area (TPSA) is 100 Å². The van der Waals surface area contributed by atoms with Gasteiger partial charge in [0.25, 0.3) is 11.8 Å². The molecular weight excluding hydrogens is 691 g/mol. The highest BCUT2D eigenvalue weighted by Gasteiger charge is 2.24. The number of nitrogens with zero attached hydrogens (tertiary/aromatic N) is 1. The predicted octanol–water partition coefficient (Wildman–Crippen LogP) is 9.48. The van der Waals surface area contributed by atoms with E-state index in [2.05, 4.69) is 20.9 Å². The van der Waals surface area contributed by atoms with E-state index >= 15 is 0 Å². The smallest absolute Gasteiger partial charge is 0.272 e. The molecule has 0 saturated carbocycles. The van der Waals surface area contributed by atoms with Crippen LogP contribution in [0.1, 0.15) is 26.7 Å². The number of benzene rings is 5. The van der Waals surface area contributed by atoms with Crippen molar-refractivity contribution in [1.29, 1.82) is 0 Å². The molecule has 6 aromatic rings. The largest absolute Gasteiger partial charge is 0.321 e. The Morgan fingerprint density at radius 1 is 0.800 bits per heavy atom. The van der Waals surface area contributed by atoms with Crippen molar-refractivity contribution >= 4 is 69.3 Å². The highest BCUT2D eigenvalue weighted by Crippen LogP contribution is 2.38. The van der Waals surface area contributed by atoms with E-state index in [9.17, 15) is 18.8 Å². The maximum atomic E-state index is 13.8. The fourth-order valence-electron chi connectivity index (χ4n) is 4.85. The summed E-state index contributed by atoms with van der Waals surface area (Å²) in [6, 6.07) is 37.9. The summed E-state index contributed by atoms with van der Waals surface area (Å²) >= 11 is 8.97. The zero-order valence-corrected chi connectivity index (χ0v) is 28.6. The molecule has 1 unspecified atom stereocenters. The summed E-state index contributed by atoms with van der Waals surface area (Å²) in [5, 5.41) is 10.7. The van der Waals surface area contributed by atoms with Crippen LogP contribution in [-0.4, -0.2) is 22.7 Å². The summed E-state index contributed by atoms with van der Waals surface area (Å²) < 4.78 is 13.6. The fourth-order valence-corrected chi connectivity index (χ4v) is 6.87. The van der Waals surface area contributed by atoms with Gasteiger partial charge < -0.3 is 16.0 Å². The molecule has 0 saturated heterocycles. The second-order valence-electron chi connectivity index (χ2n) is 10.8. The van der Waals surface area contributed by atoms with Crippen LogP contribution < -0.4 is 16.0 Å². The van der Waals surface area contributed by atoms with E-state index in [4.69, 9.17) is 11.6 Å². The highest BCUT2D eigenvalue weighted by molar-refractivity contribution is 8.00. The van der Waals surface area contributed by atoms with Gasteiger partial charge in [-0.15, -0.1) is 23.1 Å². The maximum Gasteiger partial charge on any atom is 0.272 e. The highest BCUT2D eigenvalue weighted by atomic mass is 35.5. The number of halogens is 2. The minimum atomic E-state index is -0.658. The number of thioether (sulfide) groups is 1. The van der Waals surface area contributed by atoms with Gasteiger partial charge in [0.1, 0.15) is 16.8 Å². The Morgan fingerprint density at radius 3 is 2.24 bits per heavy atom. The lowest BCUT2D eigenvalue weighted by Crippen LogP contribution is -2.30. The lowest BCUT2D eigenvalue weighted by molar-refractivity contribution is -0.116. The van der Waals surface area contributed by atoms with Crippen molar-refractivity contribution in [3.8, 4) is 11.3 Å². The van der Waals surface area contributed by atoms with Gasteiger partial charge in [-0.2, -0.15) is 0 Å². The maximum absolute atomic E-state index is 13.8. The van der Waals surface area contributed by atoms with Gasteiger partial charge in [-0.25, -0.2) is 9.37 Å². The van der Waals surface area contributed by atoms with Crippen LogP contribution in [0.4, 0.5) is 15.2 Å². The van der Waals surface area contributed by atoms with Crippen LogP contribution in [0, 0.1) is 5.82 Å². The van der Waals surface area contributed by atoms with Crippen LogP contribution in [0.25, 0.3) is 17.3 Å². The van der Waals surface area contributed by atoms with E-state index in [1.54, 1.807) is 54.6 Å². The second kappa shape index (κ2) is 16.2. The molecule has 3 amide bonds. The second-order valence-corrected chi connectivity index (χ2v) is 13.3. The van der Waals surface area contributed by atoms with Gasteiger partial charge in [0, 0.05) is 32.1 Å². The summed E-state index contributed by atoms with van der Waals surface area (Å²) in [5.74, 6) is -1.76. The monoisotopic (exact) mass is 718 g/mol. The van der Waals surface area contributed by atoms with Crippen molar-refractivity contribution in [2.24, 2.45) is 0 Å². The molecule has 1 atom stereocenters. The molecule has 0 radical (unpaired) electrons. The summed E-state index contributed by atoms with van der Waals surface area (Å²) in [6.45, 7) is 0. The van der Waals surface area contributed by atoms with Gasteiger partial charge >= 0.3 is 0 Å². The minimum Gasteiger partial charge on any atom is -0.321 e. The molecule has 6 rings (SSSR count). The van der Waals surface area contributed by atoms with E-state index in [1.807, 2.05) is 60.0 Å². The first kappa shape index (κ1) is 34.3. The third-order valence-electron chi connectivity index (χ3n) is 7.28. The molecule has 0 fully saturated rings. The molecule has 0 spiro atoms. The number of hydrogen-bond donors (Lipinski definition) is 3. The van der Waals surface area contributed by atoms with Crippen molar-refractivity contribution < 1.29 is 18.8 Å². The first-order valence-corrected chi connectivity index (χ1v) is 17.4. The molecule has 1 heterocycles. The van der Waals surface area contributed by atoms with Crippen LogP contribution in [0.2, 0.25) is 5.02 Å². The number of carbonyl (C=O) groups excluding carboxylic acids is 3. The van der Waals surface area contributed by atoms with Gasteiger partial charge in [-0.3, -0.25) is 14.4 Å². The summed E-state index contributed by atoms with van der Waals surface area (Å²) in [5.41, 5.74) is 3.50. The van der Waals surface area contributed by atoms with Gasteiger partial charge in [-0.05, 0) is 65.7 Å². The standard InChI is InChI=1S/C39H28ClFN4O3S2/c40-32-17-8-7-16-31(32)34-24-49-39(44-34)45-38(48)35(26-10-3-1-4-11-26)50-30-15-9-14-29(23-30)42-37(47)33(22-25-18-20-28(41)21-19-25)43-36(46)27-12-5-2-6-13-27/h1-24,35H,(H,42,47)(H,43,46)(H,44,45,48)/b33-22-. The molecule has 0 aliphatic heterocycles. The summed E-state index contributed by atoms with van der Waals surface area (Å²) in [6.07, 6.45) is 1.47. The number of hydrogen-bond acceptors (Lipinski definition) is 6. The molecule has 0 aliphatic carbocycles. The molecule has 0 bridgehead atoms. The lowest BCUT2D eigenvalue weighted by Gasteiger charge is -2.17. The summed E-state index contributed by atoms with van der Waals surface area (Å²) in [7, 11) is 0. The number of nitrogens with one attached hydrogen (secondary N) is 3. The van der Waals surface area contributed by atoms with Crippen LogP contribution in [-0.2, 0) is 9.59 Å². The van der Waals surface area contributed by atoms with Crippen molar-refractivity contribution in [3.05, 3.63) is 172 Å². The Bertz CT molecular complexity index is 2160. The molecule has 50 heavy (non-hydrogen) atoms. The third-order valence-corrected chi connectivity index (χ3v) is 9.62. The van der Waals surface area contributed by atoms with Gasteiger partial charge in [0.15, 0.2) is 5.13 Å². The van der Waals surface area contributed by atoms with Gasteiger partial charge in [0.05, 0.1) is 5.69 Å². The Hall–Kier alpha value is -5.55. The molecule has 7 nitrogen and oxygen atoms in total. The zero-order valence-electron chi connectivity index (χ0n) is 26.2. The first-order valence-electron chi connectivity index (χ1n) is 15.3. The molecule has 248 valence electrons. The number of thiazole rings is 1. The van der Waals surface area contributed by atoms with Gasteiger partial charge in [-0.1, -0.05) is 96.5 Å². The van der Waals surface area contributed by atoms with Crippen molar-refractivity contribution in [3.63, 3.8) is 0 Å².